The summed E-state index contributed by atoms with van der Waals surface area (Å²) < 4.78 is 0. The first-order valence-electron chi connectivity index (χ1n) is 5.70. The molecular weight excluding hydrogens is 271 g/mol. The van der Waals surface area contributed by atoms with Crippen LogP contribution in [0.25, 0.3) is 5.03 Å². The molecule has 4 heteroatoms. The largest absolute Gasteiger partial charge is 0.481 e. The van der Waals surface area contributed by atoms with Crippen molar-refractivity contribution in [3.8, 4) is 0 Å². The van der Waals surface area contributed by atoms with Crippen LogP contribution in [0.4, 0.5) is 0 Å². The Bertz CT molecular complexity index is 503. The van der Waals surface area contributed by atoms with Gasteiger partial charge in [0.2, 0.25) is 0 Å². The van der Waals surface area contributed by atoms with E-state index in [1.807, 2.05) is 32.1 Å². The highest BCUT2D eigenvalue weighted by Crippen LogP contribution is 2.59. The second-order valence-electron chi connectivity index (χ2n) is 5.18. The summed E-state index contributed by atoms with van der Waals surface area (Å²) in [7, 11) is 0. The van der Waals surface area contributed by atoms with Gasteiger partial charge in [-0.05, 0) is 29.0 Å². The van der Waals surface area contributed by atoms with Gasteiger partial charge in [0.25, 0.3) is 0 Å². The van der Waals surface area contributed by atoms with Crippen LogP contribution in [-0.4, -0.2) is 11.1 Å². The van der Waals surface area contributed by atoms with Gasteiger partial charge in [0.1, 0.15) is 0 Å². The summed E-state index contributed by atoms with van der Waals surface area (Å²) in [4.78, 5) is 11.1. The van der Waals surface area contributed by atoms with E-state index in [2.05, 4.69) is 0 Å². The number of halogens is 2. The van der Waals surface area contributed by atoms with Crippen LogP contribution in [0.1, 0.15) is 19.4 Å². The van der Waals surface area contributed by atoms with Crippen molar-refractivity contribution in [1.29, 1.82) is 0 Å². The standard InChI is InChI=1S/C14H14Cl2O2/c1-14(2)10(12(14)13(17)18)7-11(16)8-3-5-9(15)6-4-8/h3-7,10,12H,1-2H3,(H,17,18)/b11-7-/t10-,12+/m0/s1. The fraction of sp³-hybridized carbons (Fsp3) is 0.357. The normalized spacial score (nSPS) is 25.9. The molecule has 0 radical (unpaired) electrons. The minimum absolute atomic E-state index is 0.0156. The monoisotopic (exact) mass is 284 g/mol. The molecule has 18 heavy (non-hydrogen) atoms. The van der Waals surface area contributed by atoms with E-state index in [1.54, 1.807) is 12.1 Å². The molecule has 0 heterocycles. The van der Waals surface area contributed by atoms with Crippen molar-refractivity contribution in [1.82, 2.24) is 0 Å². The van der Waals surface area contributed by atoms with Crippen LogP contribution in [0.3, 0.4) is 0 Å². The van der Waals surface area contributed by atoms with Gasteiger partial charge in [0.05, 0.1) is 5.92 Å². The van der Waals surface area contributed by atoms with Crippen LogP contribution in [0.5, 0.6) is 0 Å². The summed E-state index contributed by atoms with van der Waals surface area (Å²) in [6, 6.07) is 7.18. The quantitative estimate of drug-likeness (QED) is 0.900. The van der Waals surface area contributed by atoms with Crippen molar-refractivity contribution < 1.29 is 9.90 Å². The Kier molecular flexibility index (Phi) is 3.43. The van der Waals surface area contributed by atoms with Gasteiger partial charge in [-0.2, -0.15) is 0 Å². The molecule has 1 fully saturated rings. The summed E-state index contributed by atoms with van der Waals surface area (Å²) in [5.41, 5.74) is 0.631. The molecule has 1 aromatic rings. The van der Waals surface area contributed by atoms with Gasteiger partial charge in [-0.1, -0.05) is 55.3 Å². The number of carbonyl (C=O) groups is 1. The third-order valence-electron chi connectivity index (χ3n) is 3.62. The van der Waals surface area contributed by atoms with Crippen molar-refractivity contribution in [2.75, 3.05) is 0 Å². The summed E-state index contributed by atoms with van der Waals surface area (Å²) in [6.45, 7) is 3.89. The molecule has 0 aromatic heterocycles. The fourth-order valence-corrected chi connectivity index (χ4v) is 2.71. The number of carboxylic acids is 1. The van der Waals surface area contributed by atoms with Gasteiger partial charge < -0.3 is 5.11 Å². The zero-order valence-corrected chi connectivity index (χ0v) is 11.7. The molecule has 2 rings (SSSR count). The van der Waals surface area contributed by atoms with E-state index in [0.29, 0.717) is 10.1 Å². The van der Waals surface area contributed by atoms with E-state index in [0.717, 1.165) is 5.56 Å². The Morgan fingerprint density at radius 3 is 2.33 bits per heavy atom. The minimum Gasteiger partial charge on any atom is -0.481 e. The van der Waals surface area contributed by atoms with Crippen LogP contribution in [0.2, 0.25) is 5.02 Å². The number of rotatable bonds is 3. The lowest BCUT2D eigenvalue weighted by molar-refractivity contribution is -0.139. The molecule has 1 aromatic carbocycles. The first kappa shape index (κ1) is 13.4. The van der Waals surface area contributed by atoms with Crippen LogP contribution >= 0.6 is 23.2 Å². The average molecular weight is 285 g/mol. The lowest BCUT2D eigenvalue weighted by Crippen LogP contribution is -2.03. The summed E-state index contributed by atoms with van der Waals surface area (Å²) in [5, 5.41) is 10.3. The van der Waals surface area contributed by atoms with Gasteiger partial charge in [0.15, 0.2) is 0 Å². The van der Waals surface area contributed by atoms with Gasteiger partial charge >= 0.3 is 5.97 Å². The van der Waals surface area contributed by atoms with Gasteiger partial charge in [-0.3, -0.25) is 4.79 Å². The zero-order valence-electron chi connectivity index (χ0n) is 10.2. The van der Waals surface area contributed by atoms with Crippen molar-refractivity contribution in [3.63, 3.8) is 0 Å². The molecule has 0 amide bonds. The maximum Gasteiger partial charge on any atom is 0.307 e. The highest BCUT2D eigenvalue weighted by atomic mass is 35.5. The predicted octanol–water partition coefficient (Wildman–Crippen LogP) is 4.28. The molecule has 96 valence electrons. The lowest BCUT2D eigenvalue weighted by Gasteiger charge is -2.01. The Labute approximate surface area is 116 Å². The maximum absolute atomic E-state index is 11.1. The van der Waals surface area contributed by atoms with E-state index >= 15 is 0 Å². The first-order valence-corrected chi connectivity index (χ1v) is 6.45. The maximum atomic E-state index is 11.1. The Morgan fingerprint density at radius 2 is 1.89 bits per heavy atom. The first-order chi connectivity index (χ1) is 8.34. The molecule has 2 atom stereocenters. The number of benzene rings is 1. The van der Waals surface area contributed by atoms with Crippen molar-refractivity contribution in [2.24, 2.45) is 17.3 Å². The second kappa shape index (κ2) is 4.60. The third-order valence-corrected chi connectivity index (χ3v) is 4.22. The number of carboxylic acid groups (broad SMARTS) is 1. The second-order valence-corrected chi connectivity index (χ2v) is 6.03. The molecule has 1 N–H and O–H groups in total. The van der Waals surface area contributed by atoms with E-state index in [9.17, 15) is 4.79 Å². The fourth-order valence-electron chi connectivity index (χ4n) is 2.32. The molecule has 0 aliphatic heterocycles. The van der Waals surface area contributed by atoms with Crippen molar-refractivity contribution in [2.45, 2.75) is 13.8 Å². The van der Waals surface area contributed by atoms with Gasteiger partial charge in [0, 0.05) is 10.1 Å². The molecule has 1 aliphatic rings. The smallest absolute Gasteiger partial charge is 0.307 e. The van der Waals surface area contributed by atoms with E-state index in [1.165, 1.54) is 0 Å². The Hall–Kier alpha value is -0.990. The number of aliphatic carboxylic acids is 1. The molecule has 1 aliphatic carbocycles. The molecule has 1 saturated carbocycles. The van der Waals surface area contributed by atoms with E-state index in [4.69, 9.17) is 28.3 Å². The Morgan fingerprint density at radius 1 is 1.33 bits per heavy atom. The summed E-state index contributed by atoms with van der Waals surface area (Å²) >= 11 is 12.0. The molecule has 0 saturated heterocycles. The molecule has 0 unspecified atom stereocenters. The van der Waals surface area contributed by atoms with Gasteiger partial charge in [-0.15, -0.1) is 0 Å². The highest BCUT2D eigenvalue weighted by molar-refractivity contribution is 6.48. The predicted molar refractivity (Wildman–Crippen MR) is 73.7 cm³/mol. The summed E-state index contributed by atoms with van der Waals surface area (Å²) in [6.07, 6.45) is 1.84. The average Bonchev–Trinajstić information content (AvgIpc) is 2.81. The molecule has 2 nitrogen and oxygen atoms in total. The van der Waals surface area contributed by atoms with E-state index in [-0.39, 0.29) is 17.3 Å². The third kappa shape index (κ3) is 2.40. The SMILES string of the molecule is CC1(C)[C@@H](/C=C(\Cl)c2ccc(Cl)cc2)[C@@H]1C(=O)O. The minimum atomic E-state index is -0.762. The number of hydrogen-bond donors (Lipinski definition) is 1. The molecular formula is C14H14Cl2O2. The molecule has 0 spiro atoms. The highest BCUT2D eigenvalue weighted by Gasteiger charge is 2.60. The molecule has 0 bridgehead atoms. The van der Waals surface area contributed by atoms with Crippen LogP contribution in [0, 0.1) is 17.3 Å². The topological polar surface area (TPSA) is 37.3 Å². The number of allylic oxidation sites excluding steroid dienone is 1. The van der Waals surface area contributed by atoms with Crippen molar-refractivity contribution in [3.05, 3.63) is 40.9 Å². The van der Waals surface area contributed by atoms with Gasteiger partial charge in [-0.25, -0.2) is 0 Å². The number of hydrogen-bond acceptors (Lipinski definition) is 1. The van der Waals surface area contributed by atoms with Crippen molar-refractivity contribution >= 4 is 34.2 Å². The van der Waals surface area contributed by atoms with Crippen LogP contribution in [-0.2, 0) is 4.79 Å². The summed E-state index contributed by atoms with van der Waals surface area (Å²) in [5.74, 6) is -1.13. The van der Waals surface area contributed by atoms with E-state index < -0.39 is 5.97 Å². The van der Waals surface area contributed by atoms with Crippen LogP contribution < -0.4 is 0 Å². The Balaban J connectivity index is 2.20. The lowest BCUT2D eigenvalue weighted by atomic mass is 10.1. The van der Waals surface area contributed by atoms with Crippen LogP contribution in [0.15, 0.2) is 30.3 Å². The zero-order chi connectivity index (χ0) is 13.5.